The third-order valence-electron chi connectivity index (χ3n) is 2.32. The van der Waals surface area contributed by atoms with Crippen molar-refractivity contribution < 1.29 is 9.53 Å². The van der Waals surface area contributed by atoms with Gasteiger partial charge in [0, 0.05) is 35.6 Å². The molecule has 1 atom stereocenters. The fraction of sp³-hybridized carbons (Fsp3) is 0.364. The lowest BCUT2D eigenvalue weighted by atomic mass is 10.1. The number of hydrogen-bond donors (Lipinski definition) is 1. The van der Waals surface area contributed by atoms with Crippen molar-refractivity contribution in [2.24, 2.45) is 0 Å². The van der Waals surface area contributed by atoms with E-state index in [1.165, 1.54) is 7.11 Å². The third-order valence-corrected chi connectivity index (χ3v) is 3.21. The van der Waals surface area contributed by atoms with Gasteiger partial charge in [-0.3, -0.25) is 4.79 Å². The highest BCUT2D eigenvalue weighted by Gasteiger charge is 2.20. The molecular weight excluding hydrogens is 284 g/mol. The number of methoxy groups -OCH3 is 1. The normalized spacial score (nSPS) is 12.3. The molecule has 1 rings (SSSR count). The number of carbonyl (C=O) groups is 1. The minimum atomic E-state index is -0.629. The maximum atomic E-state index is 11.5. The van der Waals surface area contributed by atoms with Crippen molar-refractivity contribution >= 4 is 40.7 Å². The first kappa shape index (κ1) is 14.6. The average Bonchev–Trinajstić information content (AvgIpc) is 2.27. The molecule has 0 heterocycles. The number of nitrogens with one attached hydrogen (secondary N) is 1. The van der Waals surface area contributed by atoms with Crippen LogP contribution in [0.4, 0.5) is 0 Å². The number of benzene rings is 1. The maximum absolute atomic E-state index is 11.5. The lowest BCUT2D eigenvalue weighted by molar-refractivity contribution is -0.130. The molecule has 0 aliphatic rings. The van der Waals surface area contributed by atoms with E-state index < -0.39 is 6.10 Å². The smallest absolute Gasteiger partial charge is 0.249 e. The molecule has 0 aliphatic heterocycles. The summed E-state index contributed by atoms with van der Waals surface area (Å²) in [7, 11) is 3.00. The van der Waals surface area contributed by atoms with Gasteiger partial charge in [-0.15, -0.1) is 0 Å². The fourth-order valence-corrected chi connectivity index (χ4v) is 2.37. The summed E-state index contributed by atoms with van der Waals surface area (Å²) >= 11 is 17.9. The Morgan fingerprint density at radius 1 is 1.35 bits per heavy atom. The minimum absolute atomic E-state index is 0.227. The van der Waals surface area contributed by atoms with Gasteiger partial charge in [-0.05, 0) is 17.7 Å². The Bertz CT molecular complexity index is 400. The van der Waals surface area contributed by atoms with Crippen LogP contribution in [0.15, 0.2) is 12.1 Å². The van der Waals surface area contributed by atoms with Crippen LogP contribution in [0.5, 0.6) is 0 Å². The van der Waals surface area contributed by atoms with Crippen LogP contribution in [0.2, 0.25) is 15.1 Å². The van der Waals surface area contributed by atoms with Gasteiger partial charge in [-0.25, -0.2) is 0 Å². The summed E-state index contributed by atoms with van der Waals surface area (Å²) < 4.78 is 5.08. The van der Waals surface area contributed by atoms with Gasteiger partial charge in [0.25, 0.3) is 0 Å². The summed E-state index contributed by atoms with van der Waals surface area (Å²) in [5, 5.41) is 3.82. The summed E-state index contributed by atoms with van der Waals surface area (Å²) in [4.78, 5) is 11.5. The number of amides is 1. The Labute approximate surface area is 115 Å². The van der Waals surface area contributed by atoms with Crippen LogP contribution < -0.4 is 5.32 Å². The molecule has 1 N–H and O–H groups in total. The highest BCUT2D eigenvalue weighted by atomic mass is 35.5. The van der Waals surface area contributed by atoms with Crippen LogP contribution in [0.3, 0.4) is 0 Å². The van der Waals surface area contributed by atoms with E-state index in [-0.39, 0.29) is 5.91 Å². The van der Waals surface area contributed by atoms with E-state index in [0.29, 0.717) is 27.1 Å². The van der Waals surface area contributed by atoms with Crippen molar-refractivity contribution in [3.63, 3.8) is 0 Å². The zero-order valence-electron chi connectivity index (χ0n) is 9.39. The molecule has 3 nitrogen and oxygen atoms in total. The fourth-order valence-electron chi connectivity index (χ4n) is 1.40. The summed E-state index contributed by atoms with van der Waals surface area (Å²) in [6.45, 7) is 0. The van der Waals surface area contributed by atoms with Crippen LogP contribution in [-0.2, 0) is 16.0 Å². The van der Waals surface area contributed by atoms with Crippen molar-refractivity contribution in [2.45, 2.75) is 12.5 Å². The number of ether oxygens (including phenoxy) is 1. The zero-order chi connectivity index (χ0) is 13.0. The molecule has 0 saturated heterocycles. The van der Waals surface area contributed by atoms with E-state index in [0.717, 1.165) is 0 Å². The number of rotatable bonds is 4. The molecule has 1 amide bonds. The molecule has 94 valence electrons. The molecule has 0 saturated carbocycles. The van der Waals surface area contributed by atoms with Crippen molar-refractivity contribution in [1.29, 1.82) is 0 Å². The van der Waals surface area contributed by atoms with Gasteiger partial charge in [0.05, 0.1) is 0 Å². The molecule has 0 fully saturated rings. The Morgan fingerprint density at radius 2 is 1.88 bits per heavy atom. The highest BCUT2D eigenvalue weighted by Crippen LogP contribution is 2.30. The number of likely N-dealkylation sites (N-methyl/N-ethyl adjacent to an activating group) is 1. The highest BCUT2D eigenvalue weighted by molar-refractivity contribution is 6.39. The number of carbonyl (C=O) groups excluding carboxylic acids is 1. The average molecular weight is 297 g/mol. The second-order valence-electron chi connectivity index (χ2n) is 3.39. The first-order valence-corrected chi connectivity index (χ1v) is 6.00. The van der Waals surface area contributed by atoms with Gasteiger partial charge in [-0.2, -0.15) is 0 Å². The molecule has 6 heteroatoms. The minimum Gasteiger partial charge on any atom is -0.371 e. The third kappa shape index (κ3) is 3.75. The molecule has 17 heavy (non-hydrogen) atoms. The Balaban J connectivity index is 2.98. The standard InChI is InChI=1S/C11H12Cl3NO2/c1-15-11(16)10(17-2)5-7-8(13)3-6(12)4-9(7)14/h3-4,10H,5H2,1-2H3,(H,15,16). The lowest BCUT2D eigenvalue weighted by Gasteiger charge is -2.15. The van der Waals surface area contributed by atoms with Crippen molar-refractivity contribution in [3.8, 4) is 0 Å². The second kappa shape index (κ2) is 6.45. The van der Waals surface area contributed by atoms with Gasteiger partial charge in [0.15, 0.2) is 0 Å². The molecule has 1 unspecified atom stereocenters. The second-order valence-corrected chi connectivity index (χ2v) is 4.64. The molecule has 1 aromatic rings. The largest absolute Gasteiger partial charge is 0.371 e. The van der Waals surface area contributed by atoms with E-state index >= 15 is 0 Å². The molecule has 0 aliphatic carbocycles. The molecule has 0 aromatic heterocycles. The molecule has 0 spiro atoms. The summed E-state index contributed by atoms with van der Waals surface area (Å²) in [6.07, 6.45) is -0.332. The van der Waals surface area contributed by atoms with Crippen molar-refractivity contribution in [1.82, 2.24) is 5.32 Å². The molecule has 0 bridgehead atoms. The zero-order valence-corrected chi connectivity index (χ0v) is 11.7. The van der Waals surface area contributed by atoms with Crippen molar-refractivity contribution in [3.05, 3.63) is 32.8 Å². The van der Waals surface area contributed by atoms with E-state index in [2.05, 4.69) is 5.32 Å². The number of halogens is 3. The Kier molecular flexibility index (Phi) is 5.53. The van der Waals surface area contributed by atoms with Crippen LogP contribution in [-0.4, -0.2) is 26.2 Å². The molecule has 0 radical (unpaired) electrons. The van der Waals surface area contributed by atoms with E-state index in [9.17, 15) is 4.79 Å². The molecular formula is C11H12Cl3NO2. The van der Waals surface area contributed by atoms with Gasteiger partial charge >= 0.3 is 0 Å². The van der Waals surface area contributed by atoms with E-state index in [1.54, 1.807) is 19.2 Å². The van der Waals surface area contributed by atoms with Gasteiger partial charge in [-0.1, -0.05) is 34.8 Å². The summed E-state index contributed by atoms with van der Waals surface area (Å²) in [5.74, 6) is -0.227. The predicted octanol–water partition coefficient (Wildman–Crippen LogP) is 2.95. The topological polar surface area (TPSA) is 38.3 Å². The van der Waals surface area contributed by atoms with Crippen LogP contribution in [0, 0.1) is 0 Å². The van der Waals surface area contributed by atoms with Gasteiger partial charge in [0.1, 0.15) is 6.10 Å². The van der Waals surface area contributed by atoms with Gasteiger partial charge in [0.2, 0.25) is 5.91 Å². The summed E-state index contributed by atoms with van der Waals surface area (Å²) in [6, 6.07) is 3.17. The van der Waals surface area contributed by atoms with Gasteiger partial charge < -0.3 is 10.1 Å². The van der Waals surface area contributed by atoms with Crippen LogP contribution in [0.25, 0.3) is 0 Å². The van der Waals surface area contributed by atoms with Crippen LogP contribution in [0.1, 0.15) is 5.56 Å². The van der Waals surface area contributed by atoms with Crippen LogP contribution >= 0.6 is 34.8 Å². The van der Waals surface area contributed by atoms with E-state index in [1.807, 2.05) is 0 Å². The van der Waals surface area contributed by atoms with Crippen molar-refractivity contribution in [2.75, 3.05) is 14.2 Å². The summed E-state index contributed by atoms with van der Waals surface area (Å²) in [5.41, 5.74) is 0.646. The first-order valence-electron chi connectivity index (χ1n) is 4.87. The predicted molar refractivity (Wildman–Crippen MR) is 70.0 cm³/mol. The van der Waals surface area contributed by atoms with E-state index in [4.69, 9.17) is 39.5 Å². The lowest BCUT2D eigenvalue weighted by Crippen LogP contribution is -2.35. The Morgan fingerprint density at radius 3 is 2.29 bits per heavy atom. The maximum Gasteiger partial charge on any atom is 0.249 e. The monoisotopic (exact) mass is 295 g/mol. The SMILES string of the molecule is CNC(=O)C(Cc1c(Cl)cc(Cl)cc1Cl)OC. The first-order chi connectivity index (χ1) is 7.99. The molecule has 1 aromatic carbocycles. The quantitative estimate of drug-likeness (QED) is 0.927. The Hall–Kier alpha value is -0.480. The number of hydrogen-bond acceptors (Lipinski definition) is 2.